The van der Waals surface area contributed by atoms with Crippen LogP contribution in [0.2, 0.25) is 0 Å². The highest BCUT2D eigenvalue weighted by atomic mass is 32.2. The predicted octanol–water partition coefficient (Wildman–Crippen LogP) is 1.96. The van der Waals surface area contributed by atoms with Gasteiger partial charge in [0.1, 0.15) is 5.69 Å². The second-order valence-electron chi connectivity index (χ2n) is 9.52. The average molecular weight is 512 g/mol. The molecule has 2 atom stereocenters. The molecule has 0 unspecified atom stereocenters. The molecule has 0 bridgehead atoms. The number of nitrogens with zero attached hydrogens (tertiary/aromatic N) is 2. The first-order valence-electron chi connectivity index (χ1n) is 12.0. The molecule has 1 aliphatic rings. The van der Waals surface area contributed by atoms with Gasteiger partial charge in [-0.1, -0.05) is 29.8 Å². The first kappa shape index (κ1) is 25.9. The lowest BCUT2D eigenvalue weighted by atomic mass is 9.91. The highest BCUT2D eigenvalue weighted by molar-refractivity contribution is 7.89. The topological polar surface area (TPSA) is 115 Å². The molecule has 192 valence electrons. The Morgan fingerprint density at radius 1 is 1.11 bits per heavy atom. The first-order valence-corrected chi connectivity index (χ1v) is 13.5. The van der Waals surface area contributed by atoms with Crippen molar-refractivity contribution >= 4 is 32.7 Å². The Balaban J connectivity index is 1.56. The minimum atomic E-state index is -3.76. The number of H-pyrrole nitrogens is 1. The Labute approximate surface area is 211 Å². The van der Waals surface area contributed by atoms with Crippen molar-refractivity contribution in [3.63, 3.8) is 0 Å². The van der Waals surface area contributed by atoms with Crippen molar-refractivity contribution in [3.8, 4) is 0 Å². The van der Waals surface area contributed by atoms with Crippen LogP contribution in [0.25, 0.3) is 10.9 Å². The zero-order valence-corrected chi connectivity index (χ0v) is 21.6. The fourth-order valence-corrected chi connectivity index (χ4v) is 6.00. The Morgan fingerprint density at radius 3 is 2.58 bits per heavy atom. The second kappa shape index (κ2) is 10.8. The smallest absolute Gasteiger partial charge is 0.268 e. The van der Waals surface area contributed by atoms with Gasteiger partial charge in [0, 0.05) is 37.1 Å². The number of aromatic amines is 1. The van der Waals surface area contributed by atoms with E-state index in [1.54, 1.807) is 36.4 Å². The van der Waals surface area contributed by atoms with Gasteiger partial charge in [0.2, 0.25) is 15.9 Å². The number of carbonyl (C=O) groups is 2. The summed E-state index contributed by atoms with van der Waals surface area (Å²) in [6.45, 7) is 3.33. The van der Waals surface area contributed by atoms with Gasteiger partial charge in [-0.05, 0) is 57.8 Å². The molecule has 1 saturated heterocycles. The molecule has 9 nitrogen and oxygen atoms in total. The van der Waals surface area contributed by atoms with Crippen LogP contribution < -0.4 is 10.6 Å². The molecule has 2 aromatic carbocycles. The van der Waals surface area contributed by atoms with Gasteiger partial charge >= 0.3 is 0 Å². The summed E-state index contributed by atoms with van der Waals surface area (Å²) < 4.78 is 27.9. The van der Waals surface area contributed by atoms with E-state index in [2.05, 4.69) is 15.6 Å². The molecular formula is C26H33N5O4S. The van der Waals surface area contributed by atoms with Crippen molar-refractivity contribution < 1.29 is 18.0 Å². The van der Waals surface area contributed by atoms with E-state index in [4.69, 9.17) is 0 Å². The first-order chi connectivity index (χ1) is 17.1. The molecule has 1 aromatic heterocycles. The van der Waals surface area contributed by atoms with Gasteiger partial charge in [-0.3, -0.25) is 9.59 Å². The number of nitrogens with one attached hydrogen (secondary N) is 3. The van der Waals surface area contributed by atoms with Gasteiger partial charge in [-0.15, -0.1) is 0 Å². The number of benzene rings is 2. The van der Waals surface area contributed by atoms with Crippen molar-refractivity contribution in [1.29, 1.82) is 0 Å². The number of hydrogen-bond acceptors (Lipinski definition) is 5. The molecule has 2 heterocycles. The van der Waals surface area contributed by atoms with Crippen LogP contribution in [0.3, 0.4) is 0 Å². The number of fused-ring (bicyclic) bond motifs is 1. The van der Waals surface area contributed by atoms with Crippen LogP contribution in [0.15, 0.2) is 59.5 Å². The van der Waals surface area contributed by atoms with Gasteiger partial charge in [-0.2, -0.15) is 4.31 Å². The van der Waals surface area contributed by atoms with Crippen LogP contribution in [0.4, 0.5) is 0 Å². The van der Waals surface area contributed by atoms with E-state index in [0.717, 1.165) is 16.5 Å². The van der Waals surface area contributed by atoms with E-state index >= 15 is 0 Å². The van der Waals surface area contributed by atoms with Crippen LogP contribution in [0, 0.1) is 12.8 Å². The molecule has 2 amide bonds. The summed E-state index contributed by atoms with van der Waals surface area (Å²) in [7, 11) is 0.0790. The number of piperidine rings is 1. The summed E-state index contributed by atoms with van der Waals surface area (Å²) >= 11 is 0. The summed E-state index contributed by atoms with van der Waals surface area (Å²) in [4.78, 5) is 31.5. The summed E-state index contributed by atoms with van der Waals surface area (Å²) in [6, 6.07) is 15.2. The molecule has 0 aliphatic carbocycles. The van der Waals surface area contributed by atoms with Gasteiger partial charge in [-0.25, -0.2) is 8.42 Å². The van der Waals surface area contributed by atoms with Crippen LogP contribution in [-0.2, 0) is 14.8 Å². The Hall–Kier alpha value is -3.21. The maximum Gasteiger partial charge on any atom is 0.268 e. The number of sulfonamides is 1. The highest BCUT2D eigenvalue weighted by Crippen LogP contribution is 2.25. The average Bonchev–Trinajstić information content (AvgIpc) is 3.27. The van der Waals surface area contributed by atoms with Crippen molar-refractivity contribution in [2.24, 2.45) is 5.92 Å². The van der Waals surface area contributed by atoms with E-state index in [0.29, 0.717) is 25.2 Å². The fraction of sp³-hybridized carbons (Fsp3) is 0.385. The van der Waals surface area contributed by atoms with Crippen LogP contribution in [-0.4, -0.2) is 80.7 Å². The lowest BCUT2D eigenvalue weighted by molar-refractivity contribution is -0.126. The zero-order valence-electron chi connectivity index (χ0n) is 20.8. The Bertz CT molecular complexity index is 1340. The lowest BCUT2D eigenvalue weighted by Gasteiger charge is -2.37. The molecule has 1 aliphatic heterocycles. The fourth-order valence-electron chi connectivity index (χ4n) is 4.50. The molecule has 3 aromatic rings. The number of carbonyl (C=O) groups excluding carboxylic acids is 2. The van der Waals surface area contributed by atoms with Crippen molar-refractivity contribution in [2.45, 2.75) is 24.3 Å². The third-order valence-corrected chi connectivity index (χ3v) is 8.37. The summed E-state index contributed by atoms with van der Waals surface area (Å²) in [5.74, 6) is -1.12. The van der Waals surface area contributed by atoms with E-state index in [9.17, 15) is 18.0 Å². The van der Waals surface area contributed by atoms with Crippen LogP contribution >= 0.6 is 0 Å². The number of aromatic nitrogens is 1. The number of amides is 2. The van der Waals surface area contributed by atoms with Crippen molar-refractivity contribution in [3.05, 3.63) is 65.9 Å². The maximum atomic E-state index is 13.3. The van der Waals surface area contributed by atoms with Crippen LogP contribution in [0.5, 0.6) is 0 Å². The van der Waals surface area contributed by atoms with Gasteiger partial charge in [0.05, 0.1) is 16.9 Å². The SMILES string of the molecule is Cc1ccc2[nH]c(C(=O)N[C@H]3CN(S(=O)(=O)c4ccccc4)CC[C@H]3C(=O)NCCN(C)C)cc2c1. The van der Waals surface area contributed by atoms with E-state index in [-0.39, 0.29) is 29.8 Å². The summed E-state index contributed by atoms with van der Waals surface area (Å²) in [5.41, 5.74) is 2.28. The second-order valence-corrected chi connectivity index (χ2v) is 11.5. The summed E-state index contributed by atoms with van der Waals surface area (Å²) in [5, 5.41) is 6.79. The van der Waals surface area contributed by atoms with E-state index in [1.165, 1.54) is 4.31 Å². The third kappa shape index (κ3) is 5.77. The Kier molecular flexibility index (Phi) is 7.77. The largest absolute Gasteiger partial charge is 0.355 e. The van der Waals surface area contributed by atoms with Gasteiger partial charge < -0.3 is 20.5 Å². The third-order valence-electron chi connectivity index (χ3n) is 6.49. The molecule has 0 radical (unpaired) electrons. The Morgan fingerprint density at radius 2 is 1.86 bits per heavy atom. The number of hydrogen-bond donors (Lipinski definition) is 3. The normalized spacial score (nSPS) is 18.9. The van der Waals surface area contributed by atoms with Crippen molar-refractivity contribution in [2.75, 3.05) is 40.3 Å². The number of rotatable bonds is 8. The molecule has 0 saturated carbocycles. The van der Waals surface area contributed by atoms with Crippen molar-refractivity contribution in [1.82, 2.24) is 24.8 Å². The molecular weight excluding hydrogens is 478 g/mol. The molecule has 36 heavy (non-hydrogen) atoms. The monoisotopic (exact) mass is 511 g/mol. The number of aryl methyl sites for hydroxylation is 1. The highest BCUT2D eigenvalue weighted by Gasteiger charge is 2.39. The molecule has 4 rings (SSSR count). The maximum absolute atomic E-state index is 13.3. The quantitative estimate of drug-likeness (QED) is 0.428. The van der Waals surface area contributed by atoms with E-state index < -0.39 is 22.0 Å². The number of likely N-dealkylation sites (N-methyl/N-ethyl adjacent to an activating group) is 1. The molecule has 3 N–H and O–H groups in total. The zero-order chi connectivity index (χ0) is 25.9. The van der Waals surface area contributed by atoms with Gasteiger partial charge in [0.25, 0.3) is 5.91 Å². The van der Waals surface area contributed by atoms with Gasteiger partial charge in [0.15, 0.2) is 0 Å². The van der Waals surface area contributed by atoms with Crippen LogP contribution in [0.1, 0.15) is 22.5 Å². The molecule has 1 fully saturated rings. The molecule has 0 spiro atoms. The minimum absolute atomic E-state index is 0.00801. The standard InChI is InChI=1S/C26H33N5O4S/c1-18-9-10-22-19(15-18)16-23(28-22)26(33)29-24-17-31(36(34,35)20-7-5-4-6-8-20)13-11-21(24)25(32)27-12-14-30(2)3/h4-10,15-16,21,24,28H,11-14,17H2,1-3H3,(H,27,32)(H,29,33)/t21-,24+/m1/s1. The minimum Gasteiger partial charge on any atom is -0.355 e. The molecule has 10 heteroatoms. The lowest BCUT2D eigenvalue weighted by Crippen LogP contribution is -2.57. The summed E-state index contributed by atoms with van der Waals surface area (Å²) in [6.07, 6.45) is 0.302. The van der Waals surface area contributed by atoms with E-state index in [1.807, 2.05) is 44.1 Å². The predicted molar refractivity (Wildman–Crippen MR) is 139 cm³/mol.